The van der Waals surface area contributed by atoms with Gasteiger partial charge in [-0.15, -0.1) is 0 Å². The quantitative estimate of drug-likeness (QED) is 0.778. The van der Waals surface area contributed by atoms with Gasteiger partial charge in [-0.25, -0.2) is 0 Å². The number of fused-ring (bicyclic) bond motifs is 1. The number of benzene rings is 2. The van der Waals surface area contributed by atoms with Crippen molar-refractivity contribution in [3.63, 3.8) is 0 Å². The van der Waals surface area contributed by atoms with Gasteiger partial charge in [-0.05, 0) is 68.7 Å². The van der Waals surface area contributed by atoms with Crippen molar-refractivity contribution < 1.29 is 19.1 Å². The second-order valence-corrected chi connectivity index (χ2v) is 8.10. The van der Waals surface area contributed by atoms with E-state index in [1.807, 2.05) is 54.0 Å². The highest BCUT2D eigenvalue weighted by atomic mass is 16.5. The van der Waals surface area contributed by atoms with Crippen molar-refractivity contribution >= 4 is 11.8 Å². The summed E-state index contributed by atoms with van der Waals surface area (Å²) in [6.07, 6.45) is 2.11. The Labute approximate surface area is 177 Å². The first-order valence-electron chi connectivity index (χ1n) is 10.5. The Balaban J connectivity index is 1.61. The first kappa shape index (κ1) is 20.3. The fraction of sp³-hybridized carbons (Fsp3) is 0.417. The first-order chi connectivity index (χ1) is 14.5. The molecule has 1 saturated heterocycles. The van der Waals surface area contributed by atoms with Crippen LogP contribution in [-0.4, -0.2) is 54.5 Å². The standard InChI is InChI=1S/C24H28N2O4/c1-16-12-20(29-3)7-8-21(16)24(28)26-14-19-13-18(23(27)25-10-4-5-11-25)6-9-22(19)30-15-17(26)2/h6-9,12-13,17H,4-5,10-11,14-15H2,1-3H3/t17-/m0/s1. The van der Waals surface area contributed by atoms with Crippen LogP contribution in [0.4, 0.5) is 0 Å². The number of likely N-dealkylation sites (tertiary alicyclic amines) is 1. The average Bonchev–Trinajstić information content (AvgIpc) is 3.24. The number of ether oxygens (including phenoxy) is 2. The summed E-state index contributed by atoms with van der Waals surface area (Å²) in [5, 5.41) is 0. The van der Waals surface area contributed by atoms with Crippen molar-refractivity contribution in [2.75, 3.05) is 26.8 Å². The fourth-order valence-electron chi connectivity index (χ4n) is 4.15. The summed E-state index contributed by atoms with van der Waals surface area (Å²) in [5.74, 6) is 1.47. The Hall–Kier alpha value is -3.02. The summed E-state index contributed by atoms with van der Waals surface area (Å²) >= 11 is 0. The molecule has 0 N–H and O–H groups in total. The molecule has 2 aromatic carbocycles. The van der Waals surface area contributed by atoms with Gasteiger partial charge in [0, 0.05) is 29.8 Å². The summed E-state index contributed by atoms with van der Waals surface area (Å²) < 4.78 is 11.2. The molecule has 30 heavy (non-hydrogen) atoms. The summed E-state index contributed by atoms with van der Waals surface area (Å²) in [7, 11) is 1.61. The molecule has 0 saturated carbocycles. The van der Waals surface area contributed by atoms with Gasteiger partial charge in [0.2, 0.25) is 0 Å². The highest BCUT2D eigenvalue weighted by molar-refractivity contribution is 5.96. The second-order valence-electron chi connectivity index (χ2n) is 8.10. The number of hydrogen-bond acceptors (Lipinski definition) is 4. The van der Waals surface area contributed by atoms with E-state index in [-0.39, 0.29) is 17.9 Å². The SMILES string of the molecule is COc1ccc(C(=O)N2Cc3cc(C(=O)N4CCCC4)ccc3OC[C@@H]2C)c(C)c1. The lowest BCUT2D eigenvalue weighted by Crippen LogP contribution is -2.40. The number of methoxy groups -OCH3 is 1. The molecular weight excluding hydrogens is 380 g/mol. The molecule has 0 spiro atoms. The molecule has 0 unspecified atom stereocenters. The molecule has 4 rings (SSSR count). The number of hydrogen-bond donors (Lipinski definition) is 0. The van der Waals surface area contributed by atoms with E-state index >= 15 is 0 Å². The number of carbonyl (C=O) groups is 2. The molecule has 2 amide bonds. The van der Waals surface area contributed by atoms with Crippen LogP contribution in [0.3, 0.4) is 0 Å². The van der Waals surface area contributed by atoms with Gasteiger partial charge in [0.1, 0.15) is 18.1 Å². The van der Waals surface area contributed by atoms with Crippen LogP contribution in [0.25, 0.3) is 0 Å². The Morgan fingerprint density at radius 3 is 2.53 bits per heavy atom. The van der Waals surface area contributed by atoms with Gasteiger partial charge in [0.05, 0.1) is 19.7 Å². The highest BCUT2D eigenvalue weighted by Crippen LogP contribution is 2.29. The molecule has 2 heterocycles. The number of rotatable bonds is 3. The first-order valence-corrected chi connectivity index (χ1v) is 10.5. The highest BCUT2D eigenvalue weighted by Gasteiger charge is 2.29. The zero-order chi connectivity index (χ0) is 21.3. The van der Waals surface area contributed by atoms with Gasteiger partial charge in [0.15, 0.2) is 0 Å². The zero-order valence-electron chi connectivity index (χ0n) is 17.8. The number of nitrogens with zero attached hydrogens (tertiary/aromatic N) is 2. The summed E-state index contributed by atoms with van der Waals surface area (Å²) in [4.78, 5) is 29.9. The third-order valence-electron chi connectivity index (χ3n) is 5.98. The van der Waals surface area contributed by atoms with Gasteiger partial charge in [-0.1, -0.05) is 0 Å². The maximum absolute atomic E-state index is 13.4. The lowest BCUT2D eigenvalue weighted by molar-refractivity contribution is 0.0644. The molecule has 2 aliphatic rings. The van der Waals surface area contributed by atoms with Crippen LogP contribution in [-0.2, 0) is 6.54 Å². The van der Waals surface area contributed by atoms with Crippen molar-refractivity contribution in [1.29, 1.82) is 0 Å². The van der Waals surface area contributed by atoms with E-state index in [0.29, 0.717) is 24.3 Å². The minimum atomic E-state index is -0.0934. The van der Waals surface area contributed by atoms with Crippen molar-refractivity contribution in [3.8, 4) is 11.5 Å². The molecule has 0 bridgehead atoms. The maximum atomic E-state index is 13.4. The topological polar surface area (TPSA) is 59.1 Å². The van der Waals surface area contributed by atoms with Crippen LogP contribution in [0.2, 0.25) is 0 Å². The van der Waals surface area contributed by atoms with Crippen LogP contribution < -0.4 is 9.47 Å². The fourth-order valence-corrected chi connectivity index (χ4v) is 4.15. The molecule has 0 radical (unpaired) electrons. The third-order valence-corrected chi connectivity index (χ3v) is 5.98. The van der Waals surface area contributed by atoms with E-state index in [1.54, 1.807) is 13.2 Å². The second kappa shape index (κ2) is 8.38. The summed E-state index contributed by atoms with van der Waals surface area (Å²) in [6.45, 7) is 6.33. The van der Waals surface area contributed by atoms with E-state index in [0.717, 1.165) is 48.6 Å². The molecule has 2 aromatic rings. The number of amides is 2. The minimum absolute atomic E-state index is 0.0459. The molecule has 1 fully saturated rings. The normalized spacial score (nSPS) is 18.4. The van der Waals surface area contributed by atoms with Crippen LogP contribution >= 0.6 is 0 Å². The van der Waals surface area contributed by atoms with E-state index in [4.69, 9.17) is 9.47 Å². The van der Waals surface area contributed by atoms with Gasteiger partial charge >= 0.3 is 0 Å². The number of carbonyl (C=O) groups excluding carboxylic acids is 2. The van der Waals surface area contributed by atoms with Crippen molar-refractivity contribution in [3.05, 3.63) is 58.7 Å². The molecular formula is C24H28N2O4. The van der Waals surface area contributed by atoms with E-state index in [2.05, 4.69) is 0 Å². The van der Waals surface area contributed by atoms with Crippen LogP contribution in [0, 0.1) is 6.92 Å². The van der Waals surface area contributed by atoms with Gasteiger partial charge in [-0.2, -0.15) is 0 Å². The van der Waals surface area contributed by atoms with E-state index < -0.39 is 0 Å². The predicted octanol–water partition coefficient (Wildman–Crippen LogP) is 3.66. The maximum Gasteiger partial charge on any atom is 0.254 e. The molecule has 0 aliphatic carbocycles. The van der Waals surface area contributed by atoms with Crippen molar-refractivity contribution in [2.45, 2.75) is 39.3 Å². The van der Waals surface area contributed by atoms with Gasteiger partial charge in [0.25, 0.3) is 11.8 Å². The Morgan fingerprint density at radius 1 is 1.07 bits per heavy atom. The van der Waals surface area contributed by atoms with E-state index in [1.165, 1.54) is 0 Å². The molecule has 6 nitrogen and oxygen atoms in total. The third kappa shape index (κ3) is 3.86. The smallest absolute Gasteiger partial charge is 0.254 e. The predicted molar refractivity (Wildman–Crippen MR) is 114 cm³/mol. The van der Waals surface area contributed by atoms with E-state index in [9.17, 15) is 9.59 Å². The monoisotopic (exact) mass is 408 g/mol. The molecule has 2 aliphatic heterocycles. The Morgan fingerprint density at radius 2 is 1.83 bits per heavy atom. The summed E-state index contributed by atoms with van der Waals surface area (Å²) in [5.41, 5.74) is 3.04. The largest absolute Gasteiger partial charge is 0.497 e. The lowest BCUT2D eigenvalue weighted by atomic mass is 10.0. The molecule has 6 heteroatoms. The molecule has 0 aromatic heterocycles. The van der Waals surface area contributed by atoms with Crippen molar-refractivity contribution in [1.82, 2.24) is 9.80 Å². The summed E-state index contributed by atoms with van der Waals surface area (Å²) in [6, 6.07) is 11.0. The Bertz CT molecular complexity index is 966. The molecule has 158 valence electrons. The number of aryl methyl sites for hydroxylation is 1. The Kier molecular flexibility index (Phi) is 5.66. The van der Waals surface area contributed by atoms with Crippen LogP contribution in [0.5, 0.6) is 11.5 Å². The lowest BCUT2D eigenvalue weighted by Gasteiger charge is -2.27. The molecule has 1 atom stereocenters. The average molecular weight is 408 g/mol. The van der Waals surface area contributed by atoms with Crippen LogP contribution in [0.15, 0.2) is 36.4 Å². The van der Waals surface area contributed by atoms with Crippen LogP contribution in [0.1, 0.15) is 51.6 Å². The van der Waals surface area contributed by atoms with Gasteiger partial charge < -0.3 is 19.3 Å². The van der Waals surface area contributed by atoms with Gasteiger partial charge in [-0.3, -0.25) is 9.59 Å². The minimum Gasteiger partial charge on any atom is -0.497 e. The zero-order valence-corrected chi connectivity index (χ0v) is 17.8. The van der Waals surface area contributed by atoms with Crippen molar-refractivity contribution in [2.24, 2.45) is 0 Å².